The Labute approximate surface area is 137 Å². The van der Waals surface area contributed by atoms with Crippen molar-refractivity contribution in [2.24, 2.45) is 0 Å². The number of hydrogen-bond acceptors (Lipinski definition) is 8. The highest BCUT2D eigenvalue weighted by atomic mass is 32.2. The number of methoxy groups -OCH3 is 3. The van der Waals surface area contributed by atoms with Crippen LogP contribution in [0.3, 0.4) is 0 Å². The molecule has 0 unspecified atom stereocenters. The summed E-state index contributed by atoms with van der Waals surface area (Å²) in [6.07, 6.45) is 0. The van der Waals surface area contributed by atoms with Crippen molar-refractivity contribution in [3.05, 3.63) is 29.8 Å². The van der Waals surface area contributed by atoms with Crippen LogP contribution in [0.5, 0.6) is 17.8 Å². The van der Waals surface area contributed by atoms with Crippen LogP contribution >= 0.6 is 0 Å². The van der Waals surface area contributed by atoms with Gasteiger partial charge in [0.15, 0.2) is 5.82 Å². The normalized spacial score (nSPS) is 11.2. The largest absolute Gasteiger partial charge is 0.495 e. The van der Waals surface area contributed by atoms with Crippen LogP contribution < -0.4 is 18.9 Å². The first kappa shape index (κ1) is 17.8. The van der Waals surface area contributed by atoms with Gasteiger partial charge in [0, 0.05) is 0 Å². The number of sulfonamides is 1. The van der Waals surface area contributed by atoms with Crippen LogP contribution in [0.15, 0.2) is 23.1 Å². The van der Waals surface area contributed by atoms with Crippen molar-refractivity contribution in [1.29, 1.82) is 0 Å². The van der Waals surface area contributed by atoms with Gasteiger partial charge in [-0.05, 0) is 18.2 Å². The molecule has 1 aromatic carbocycles. The van der Waals surface area contributed by atoms with Gasteiger partial charge in [-0.2, -0.15) is 9.97 Å². The molecule has 1 heterocycles. The van der Waals surface area contributed by atoms with Crippen LogP contribution in [-0.4, -0.2) is 44.7 Å². The highest BCUT2D eigenvalue weighted by Gasteiger charge is 2.21. The van der Waals surface area contributed by atoms with E-state index >= 15 is 0 Å². The van der Waals surface area contributed by atoms with Crippen molar-refractivity contribution in [3.63, 3.8) is 0 Å². The van der Waals surface area contributed by atoms with Crippen molar-refractivity contribution in [2.45, 2.75) is 11.4 Å². The summed E-state index contributed by atoms with van der Waals surface area (Å²) in [5.74, 6) is -0.632. The fourth-order valence-electron chi connectivity index (χ4n) is 1.74. The van der Waals surface area contributed by atoms with E-state index in [1.807, 2.05) is 0 Å². The number of nitrogens with zero attached hydrogens (tertiary/aromatic N) is 3. The quantitative estimate of drug-likeness (QED) is 0.762. The summed E-state index contributed by atoms with van der Waals surface area (Å²) in [7, 11) is -0.0791. The smallest absolute Gasteiger partial charge is 0.322 e. The van der Waals surface area contributed by atoms with Crippen LogP contribution in [0, 0.1) is 5.82 Å². The predicted octanol–water partition coefficient (Wildman–Crippen LogP) is 0.515. The molecule has 0 bridgehead atoms. The SMILES string of the molecule is COc1nc(CNS(=O)(=O)c2cc(F)ccc2OC)nc(OC)n1. The Morgan fingerprint density at radius 3 is 2.21 bits per heavy atom. The highest BCUT2D eigenvalue weighted by molar-refractivity contribution is 7.89. The van der Waals surface area contributed by atoms with Crippen molar-refractivity contribution in [1.82, 2.24) is 19.7 Å². The summed E-state index contributed by atoms with van der Waals surface area (Å²) in [5.41, 5.74) is 0. The van der Waals surface area contributed by atoms with Gasteiger partial charge in [-0.15, -0.1) is 4.98 Å². The van der Waals surface area contributed by atoms with Gasteiger partial charge in [0.1, 0.15) is 16.5 Å². The molecule has 0 aliphatic carbocycles. The maximum Gasteiger partial charge on any atom is 0.322 e. The lowest BCUT2D eigenvalue weighted by molar-refractivity contribution is 0.336. The Hall–Kier alpha value is -2.53. The number of halogens is 1. The Bertz CT molecular complexity index is 809. The molecule has 1 aromatic heterocycles. The molecular weight excluding hydrogens is 343 g/mol. The van der Waals surface area contributed by atoms with Gasteiger partial charge >= 0.3 is 12.0 Å². The second-order valence-corrected chi connectivity index (χ2v) is 6.08. The molecular formula is C13H15FN4O5S. The Kier molecular flexibility index (Phi) is 5.46. The van der Waals surface area contributed by atoms with Gasteiger partial charge in [-0.3, -0.25) is 0 Å². The number of aromatic nitrogens is 3. The zero-order valence-corrected chi connectivity index (χ0v) is 13.9. The third-order valence-corrected chi connectivity index (χ3v) is 4.26. The molecule has 0 saturated carbocycles. The highest BCUT2D eigenvalue weighted by Crippen LogP contribution is 2.24. The minimum absolute atomic E-state index is 0.00899. The van der Waals surface area contributed by atoms with E-state index in [-0.39, 0.29) is 35.0 Å². The average Bonchev–Trinajstić information content (AvgIpc) is 2.59. The standard InChI is InChI=1S/C13H15FN4O5S/c1-21-9-5-4-8(14)6-10(9)24(19,20)15-7-11-16-12(22-2)18-13(17-11)23-3/h4-6,15H,7H2,1-3H3. The summed E-state index contributed by atoms with van der Waals surface area (Å²) in [6, 6.07) is 3.12. The second-order valence-electron chi connectivity index (χ2n) is 4.34. The van der Waals surface area contributed by atoms with Crippen molar-refractivity contribution in [3.8, 4) is 17.8 Å². The lowest BCUT2D eigenvalue weighted by atomic mass is 10.3. The molecule has 0 fully saturated rings. The predicted molar refractivity (Wildman–Crippen MR) is 79.9 cm³/mol. The van der Waals surface area contributed by atoms with Crippen LogP contribution in [0.4, 0.5) is 4.39 Å². The van der Waals surface area contributed by atoms with Crippen molar-refractivity contribution >= 4 is 10.0 Å². The Morgan fingerprint density at radius 1 is 1.04 bits per heavy atom. The van der Waals surface area contributed by atoms with E-state index in [1.165, 1.54) is 27.4 Å². The molecule has 0 spiro atoms. The van der Waals surface area contributed by atoms with E-state index in [2.05, 4.69) is 19.7 Å². The van der Waals surface area contributed by atoms with Crippen LogP contribution in [0.1, 0.15) is 5.82 Å². The zero-order chi connectivity index (χ0) is 17.7. The first-order valence-electron chi connectivity index (χ1n) is 6.55. The number of hydrogen-bond donors (Lipinski definition) is 1. The van der Waals surface area contributed by atoms with Crippen molar-refractivity contribution < 1.29 is 27.0 Å². The van der Waals surface area contributed by atoms with E-state index in [9.17, 15) is 12.8 Å². The third-order valence-electron chi connectivity index (χ3n) is 2.84. The number of rotatable bonds is 7. The molecule has 2 rings (SSSR count). The summed E-state index contributed by atoms with van der Waals surface area (Å²) in [5, 5.41) is 0. The van der Waals surface area contributed by atoms with Gasteiger partial charge in [0.2, 0.25) is 10.0 Å². The molecule has 0 aliphatic heterocycles. The average molecular weight is 358 g/mol. The first-order valence-corrected chi connectivity index (χ1v) is 8.04. The molecule has 2 aromatic rings. The molecule has 0 atom stereocenters. The summed E-state index contributed by atoms with van der Waals surface area (Å²) >= 11 is 0. The summed E-state index contributed by atoms with van der Waals surface area (Å²) in [4.78, 5) is 11.3. The minimum Gasteiger partial charge on any atom is -0.495 e. The zero-order valence-electron chi connectivity index (χ0n) is 13.1. The lowest BCUT2D eigenvalue weighted by Gasteiger charge is -2.11. The third kappa shape index (κ3) is 4.06. The van der Waals surface area contributed by atoms with E-state index < -0.39 is 15.8 Å². The summed E-state index contributed by atoms with van der Waals surface area (Å²) in [6.45, 7) is -0.281. The van der Waals surface area contributed by atoms with E-state index in [4.69, 9.17) is 14.2 Å². The fourth-order valence-corrected chi connectivity index (χ4v) is 2.90. The summed E-state index contributed by atoms with van der Waals surface area (Å²) < 4.78 is 55.0. The topological polar surface area (TPSA) is 113 Å². The van der Waals surface area contributed by atoms with E-state index in [0.717, 1.165) is 12.1 Å². The van der Waals surface area contributed by atoms with Crippen molar-refractivity contribution in [2.75, 3.05) is 21.3 Å². The van der Waals surface area contributed by atoms with Gasteiger partial charge in [0.05, 0.1) is 27.9 Å². The maximum absolute atomic E-state index is 13.4. The first-order chi connectivity index (χ1) is 11.4. The molecule has 11 heteroatoms. The van der Waals surface area contributed by atoms with E-state index in [0.29, 0.717) is 0 Å². The molecule has 0 radical (unpaired) electrons. The minimum atomic E-state index is -4.06. The van der Waals surface area contributed by atoms with Crippen LogP contribution in [-0.2, 0) is 16.6 Å². The fraction of sp³-hybridized carbons (Fsp3) is 0.308. The van der Waals surface area contributed by atoms with Gasteiger partial charge < -0.3 is 14.2 Å². The van der Waals surface area contributed by atoms with E-state index in [1.54, 1.807) is 0 Å². The molecule has 9 nitrogen and oxygen atoms in total. The van der Waals surface area contributed by atoms with Crippen LogP contribution in [0.25, 0.3) is 0 Å². The molecule has 0 amide bonds. The number of benzene rings is 1. The Balaban J connectivity index is 2.26. The maximum atomic E-state index is 13.4. The molecule has 0 saturated heterocycles. The van der Waals surface area contributed by atoms with Gasteiger partial charge in [-0.1, -0.05) is 0 Å². The Morgan fingerprint density at radius 2 is 1.67 bits per heavy atom. The van der Waals surface area contributed by atoms with Gasteiger partial charge in [0.25, 0.3) is 0 Å². The molecule has 0 aliphatic rings. The monoisotopic (exact) mass is 358 g/mol. The van der Waals surface area contributed by atoms with Crippen LogP contribution in [0.2, 0.25) is 0 Å². The molecule has 24 heavy (non-hydrogen) atoms. The molecule has 1 N–H and O–H groups in total. The molecule has 130 valence electrons. The number of nitrogens with one attached hydrogen (secondary N) is 1. The number of ether oxygens (including phenoxy) is 3. The van der Waals surface area contributed by atoms with Gasteiger partial charge in [-0.25, -0.2) is 17.5 Å². The lowest BCUT2D eigenvalue weighted by Crippen LogP contribution is -2.25. The second kappa shape index (κ2) is 7.36.